The zero-order valence-electron chi connectivity index (χ0n) is 10.7. The largest absolute Gasteiger partial charge is 0.345 e. The first-order chi connectivity index (χ1) is 7.61. The molecule has 0 aromatic rings. The average molecular weight is 222 g/mol. The molecule has 16 heavy (non-hydrogen) atoms. The lowest BCUT2D eigenvalue weighted by Gasteiger charge is -2.35. The van der Waals surface area contributed by atoms with E-state index in [-0.39, 0.29) is 11.7 Å². The van der Waals surface area contributed by atoms with Crippen LogP contribution >= 0.6 is 0 Å². The second-order valence-corrected chi connectivity index (χ2v) is 5.41. The van der Waals surface area contributed by atoms with Gasteiger partial charge in [-0.15, -0.1) is 0 Å². The number of hydrogen-bond acceptors (Lipinski definition) is 2. The van der Waals surface area contributed by atoms with E-state index in [2.05, 4.69) is 25.7 Å². The predicted molar refractivity (Wildman–Crippen MR) is 63.7 cm³/mol. The van der Waals surface area contributed by atoms with Gasteiger partial charge in [-0.3, -0.25) is 0 Å². The molecule has 2 heteroatoms. The number of hydrogen-bond donors (Lipinski definition) is 0. The highest BCUT2D eigenvalue weighted by atomic mass is 16.7. The summed E-state index contributed by atoms with van der Waals surface area (Å²) in [5, 5.41) is 0. The van der Waals surface area contributed by atoms with Gasteiger partial charge in [-0.05, 0) is 49.9 Å². The van der Waals surface area contributed by atoms with Crippen LogP contribution in [0.5, 0.6) is 0 Å². The van der Waals surface area contributed by atoms with Crippen molar-refractivity contribution in [2.24, 2.45) is 23.2 Å². The molecule has 2 fully saturated rings. The van der Waals surface area contributed by atoms with Gasteiger partial charge in [-0.25, -0.2) is 0 Å². The highest BCUT2D eigenvalue weighted by molar-refractivity contribution is 5.20. The molecule has 2 aliphatic rings. The lowest BCUT2D eigenvalue weighted by molar-refractivity contribution is -0.0599. The lowest BCUT2D eigenvalue weighted by Crippen LogP contribution is -2.30. The molecule has 2 saturated carbocycles. The van der Waals surface area contributed by atoms with Crippen LogP contribution in [-0.2, 0) is 9.47 Å². The van der Waals surface area contributed by atoms with Crippen molar-refractivity contribution in [3.8, 4) is 11.8 Å². The molecular weight excluding hydrogens is 200 g/mol. The van der Waals surface area contributed by atoms with E-state index in [0.29, 0.717) is 5.92 Å². The Labute approximate surface area is 98.7 Å². The predicted octanol–water partition coefficient (Wildman–Crippen LogP) is 2.68. The molecule has 2 rings (SSSR count). The highest BCUT2D eigenvalue weighted by Crippen LogP contribution is 2.58. The van der Waals surface area contributed by atoms with Gasteiger partial charge in [0.25, 0.3) is 0 Å². The minimum Gasteiger partial charge on any atom is -0.345 e. The molecule has 4 atom stereocenters. The molecular formula is C14H22O2. The van der Waals surface area contributed by atoms with Gasteiger partial charge >= 0.3 is 0 Å². The van der Waals surface area contributed by atoms with Crippen molar-refractivity contribution < 1.29 is 9.47 Å². The summed E-state index contributed by atoms with van der Waals surface area (Å²) < 4.78 is 10.2. The van der Waals surface area contributed by atoms with Crippen LogP contribution in [0.25, 0.3) is 0 Å². The van der Waals surface area contributed by atoms with Crippen LogP contribution in [0.4, 0.5) is 0 Å². The van der Waals surface area contributed by atoms with Gasteiger partial charge < -0.3 is 9.47 Å². The first-order valence-electron chi connectivity index (χ1n) is 6.20. The number of rotatable bonds is 2. The molecule has 0 heterocycles. The molecule has 90 valence electrons. The topological polar surface area (TPSA) is 18.5 Å². The number of fused-ring (bicyclic) bond motifs is 2. The third-order valence-electron chi connectivity index (χ3n) is 4.86. The number of methoxy groups -OCH3 is 2. The Morgan fingerprint density at radius 1 is 1.25 bits per heavy atom. The lowest BCUT2D eigenvalue weighted by atomic mass is 9.68. The van der Waals surface area contributed by atoms with Gasteiger partial charge in [0.15, 0.2) is 0 Å². The maximum absolute atomic E-state index is 5.12. The van der Waals surface area contributed by atoms with Gasteiger partial charge in [0.1, 0.15) is 0 Å². The van der Waals surface area contributed by atoms with Crippen molar-refractivity contribution in [2.45, 2.75) is 39.4 Å². The molecule has 2 aliphatic carbocycles. The molecule has 0 aromatic heterocycles. The van der Waals surface area contributed by atoms with Gasteiger partial charge in [-0.1, -0.05) is 12.8 Å². The summed E-state index contributed by atoms with van der Waals surface area (Å²) in [5.74, 6) is 8.96. The first-order valence-corrected chi connectivity index (χ1v) is 6.20. The SMILES string of the molecule is COC(C#CC1(C)C2CCC(C2)C1C)OC. The van der Waals surface area contributed by atoms with Crippen LogP contribution in [0.1, 0.15) is 33.1 Å². The van der Waals surface area contributed by atoms with E-state index in [0.717, 1.165) is 11.8 Å². The van der Waals surface area contributed by atoms with Crippen LogP contribution in [-0.4, -0.2) is 20.5 Å². The summed E-state index contributed by atoms with van der Waals surface area (Å²) in [7, 11) is 3.27. The third kappa shape index (κ3) is 1.77. The summed E-state index contributed by atoms with van der Waals surface area (Å²) in [6.45, 7) is 4.67. The maximum Gasteiger partial charge on any atom is 0.221 e. The fourth-order valence-corrected chi connectivity index (χ4v) is 3.52. The van der Waals surface area contributed by atoms with Crippen molar-refractivity contribution in [1.29, 1.82) is 0 Å². The monoisotopic (exact) mass is 222 g/mol. The summed E-state index contributed by atoms with van der Waals surface area (Å²) in [5.41, 5.74) is 0.179. The Bertz CT molecular complexity index is 306. The molecule has 0 saturated heterocycles. The van der Waals surface area contributed by atoms with Crippen molar-refractivity contribution in [3.63, 3.8) is 0 Å². The van der Waals surface area contributed by atoms with Crippen molar-refractivity contribution in [1.82, 2.24) is 0 Å². The molecule has 4 unspecified atom stereocenters. The highest BCUT2D eigenvalue weighted by Gasteiger charge is 2.52. The summed E-state index contributed by atoms with van der Waals surface area (Å²) >= 11 is 0. The zero-order chi connectivity index (χ0) is 11.8. The van der Waals surface area contributed by atoms with Crippen LogP contribution in [0.3, 0.4) is 0 Å². The molecule has 0 aromatic carbocycles. The molecule has 2 bridgehead atoms. The molecule has 0 aliphatic heterocycles. The normalized spacial score (nSPS) is 41.2. The Balaban J connectivity index is 2.14. The third-order valence-corrected chi connectivity index (χ3v) is 4.86. The quantitative estimate of drug-likeness (QED) is 0.528. The fraction of sp³-hybridized carbons (Fsp3) is 0.857. The van der Waals surface area contributed by atoms with Crippen LogP contribution < -0.4 is 0 Å². The fourth-order valence-electron chi connectivity index (χ4n) is 3.52. The Morgan fingerprint density at radius 3 is 2.44 bits per heavy atom. The second-order valence-electron chi connectivity index (χ2n) is 5.41. The van der Waals surface area contributed by atoms with Crippen LogP contribution in [0.2, 0.25) is 0 Å². The van der Waals surface area contributed by atoms with Crippen LogP contribution in [0, 0.1) is 35.0 Å². The second kappa shape index (κ2) is 4.39. The molecule has 2 nitrogen and oxygen atoms in total. The molecule has 0 N–H and O–H groups in total. The van der Waals surface area contributed by atoms with Crippen molar-refractivity contribution >= 4 is 0 Å². The van der Waals surface area contributed by atoms with Gasteiger partial charge in [0.2, 0.25) is 6.29 Å². The van der Waals surface area contributed by atoms with Gasteiger partial charge in [0.05, 0.1) is 0 Å². The average Bonchev–Trinajstić information content (AvgIpc) is 2.85. The molecule has 0 spiro atoms. The van der Waals surface area contributed by atoms with Gasteiger partial charge in [-0.2, -0.15) is 0 Å². The summed E-state index contributed by atoms with van der Waals surface area (Å²) in [6.07, 6.45) is 3.76. The van der Waals surface area contributed by atoms with E-state index in [9.17, 15) is 0 Å². The maximum atomic E-state index is 5.12. The Hall–Kier alpha value is -0.520. The van der Waals surface area contributed by atoms with Crippen molar-refractivity contribution in [2.75, 3.05) is 14.2 Å². The van der Waals surface area contributed by atoms with Crippen LogP contribution in [0.15, 0.2) is 0 Å². The number of ether oxygens (including phenoxy) is 2. The van der Waals surface area contributed by atoms with E-state index >= 15 is 0 Å². The van der Waals surface area contributed by atoms with Gasteiger partial charge in [0, 0.05) is 19.6 Å². The summed E-state index contributed by atoms with van der Waals surface area (Å²) in [6, 6.07) is 0. The van der Waals surface area contributed by atoms with E-state index < -0.39 is 0 Å². The van der Waals surface area contributed by atoms with E-state index in [1.54, 1.807) is 14.2 Å². The Morgan fingerprint density at radius 2 is 1.94 bits per heavy atom. The Kier molecular flexibility index (Phi) is 3.28. The minimum atomic E-state index is -0.372. The van der Waals surface area contributed by atoms with Crippen molar-refractivity contribution in [3.05, 3.63) is 0 Å². The van der Waals surface area contributed by atoms with E-state index in [1.807, 2.05) is 0 Å². The first kappa shape index (κ1) is 12.0. The van der Waals surface area contributed by atoms with E-state index in [1.165, 1.54) is 19.3 Å². The molecule has 0 amide bonds. The minimum absolute atomic E-state index is 0.179. The van der Waals surface area contributed by atoms with E-state index in [4.69, 9.17) is 9.47 Å². The summed E-state index contributed by atoms with van der Waals surface area (Å²) in [4.78, 5) is 0. The smallest absolute Gasteiger partial charge is 0.221 e. The molecule has 0 radical (unpaired) electrons. The zero-order valence-corrected chi connectivity index (χ0v) is 10.7. The standard InChI is InChI=1S/C14H22O2/c1-10-11-5-6-12(9-11)14(10,2)8-7-13(15-3)16-4/h10-13H,5-6,9H2,1-4H3.